The highest BCUT2D eigenvalue weighted by molar-refractivity contribution is 6.11. The summed E-state index contributed by atoms with van der Waals surface area (Å²) in [5, 5.41) is 11.0. The summed E-state index contributed by atoms with van der Waals surface area (Å²) in [4.78, 5) is 27.4. The summed E-state index contributed by atoms with van der Waals surface area (Å²) in [7, 11) is 2.01. The van der Waals surface area contributed by atoms with Crippen molar-refractivity contribution >= 4 is 23.2 Å². The van der Waals surface area contributed by atoms with Gasteiger partial charge in [-0.3, -0.25) is 14.7 Å². The van der Waals surface area contributed by atoms with Gasteiger partial charge in [-0.1, -0.05) is 6.07 Å². The molecule has 1 aliphatic rings. The van der Waals surface area contributed by atoms with E-state index in [1.165, 1.54) is 12.1 Å². The zero-order chi connectivity index (χ0) is 24.2. The van der Waals surface area contributed by atoms with Gasteiger partial charge < -0.3 is 20.3 Å². The second-order valence-electron chi connectivity index (χ2n) is 7.92. The quantitative estimate of drug-likeness (QED) is 0.506. The Morgan fingerprint density at radius 1 is 1.03 bits per heavy atom. The predicted octanol–water partition coefficient (Wildman–Crippen LogP) is 3.80. The molecule has 2 heterocycles. The Kier molecular flexibility index (Phi) is 6.82. The Bertz CT molecular complexity index is 1190. The number of benzene rings is 2. The van der Waals surface area contributed by atoms with E-state index in [0.717, 1.165) is 56.4 Å². The minimum absolute atomic E-state index is 0.0880. The third kappa shape index (κ3) is 5.20. The van der Waals surface area contributed by atoms with Gasteiger partial charge in [-0.25, -0.2) is 13.2 Å². The third-order valence-electron chi connectivity index (χ3n) is 5.45. The maximum atomic E-state index is 13.9. The molecule has 11 heteroatoms. The average molecular weight is 473 g/mol. The molecule has 3 aromatic rings. The molecule has 0 saturated carbocycles. The van der Waals surface area contributed by atoms with Crippen molar-refractivity contribution in [1.82, 2.24) is 15.1 Å². The topological polar surface area (TPSA) is 99.3 Å². The number of halogens is 3. The van der Waals surface area contributed by atoms with Crippen LogP contribution in [0.15, 0.2) is 42.6 Å². The molecule has 2 aromatic carbocycles. The van der Waals surface area contributed by atoms with Crippen molar-refractivity contribution in [2.45, 2.75) is 18.9 Å². The van der Waals surface area contributed by atoms with E-state index in [-0.39, 0.29) is 23.2 Å². The lowest BCUT2D eigenvalue weighted by molar-refractivity contribution is 0.101. The van der Waals surface area contributed by atoms with Crippen molar-refractivity contribution in [3.63, 3.8) is 0 Å². The van der Waals surface area contributed by atoms with Gasteiger partial charge in [0.15, 0.2) is 0 Å². The minimum Gasteiger partial charge on any atom is -0.488 e. The second kappa shape index (κ2) is 9.96. The molecule has 0 unspecified atom stereocenters. The molecule has 1 aliphatic heterocycles. The number of likely N-dealkylation sites (tertiary alicyclic amines) is 1. The van der Waals surface area contributed by atoms with E-state index in [0.29, 0.717) is 5.75 Å². The molecule has 1 saturated heterocycles. The molecule has 0 radical (unpaired) electrons. The number of carbonyl (C=O) groups is 2. The Labute approximate surface area is 193 Å². The van der Waals surface area contributed by atoms with Crippen molar-refractivity contribution in [1.29, 1.82) is 0 Å². The van der Waals surface area contributed by atoms with Gasteiger partial charge >= 0.3 is 0 Å². The lowest BCUT2D eigenvalue weighted by atomic mass is 10.1. The number of rotatable bonds is 6. The number of nitrogens with zero attached hydrogens (tertiary/aromatic N) is 2. The van der Waals surface area contributed by atoms with Crippen LogP contribution in [0.1, 0.15) is 33.7 Å². The van der Waals surface area contributed by atoms with E-state index in [2.05, 4.69) is 25.7 Å². The SMILES string of the molecule is CN1CCC(Oc2ccc(F)cc2NC(=O)c2[nH]ncc2NC(=O)c2c(F)cccc2F)CC1. The lowest BCUT2D eigenvalue weighted by Crippen LogP contribution is -2.35. The van der Waals surface area contributed by atoms with Crippen LogP contribution in [0, 0.1) is 17.5 Å². The maximum absolute atomic E-state index is 13.9. The standard InChI is InChI=1S/C23H22F3N5O3/c1-31-9-7-14(8-10-31)34-19-6-5-13(24)11-17(19)28-23(33)21-18(12-27-30-21)29-22(32)20-15(25)3-2-4-16(20)26/h2-6,11-12,14H,7-10H2,1H3,(H,27,30)(H,28,33)(H,29,32). The van der Waals surface area contributed by atoms with Gasteiger partial charge in [0.25, 0.3) is 11.8 Å². The number of amides is 2. The highest BCUT2D eigenvalue weighted by Crippen LogP contribution is 2.29. The molecular formula is C23H22F3N5O3. The highest BCUT2D eigenvalue weighted by Gasteiger charge is 2.23. The van der Waals surface area contributed by atoms with Gasteiger partial charge in [-0.15, -0.1) is 0 Å². The summed E-state index contributed by atoms with van der Waals surface area (Å²) < 4.78 is 47.8. The number of hydrogen-bond acceptors (Lipinski definition) is 5. The molecule has 0 spiro atoms. The third-order valence-corrected chi connectivity index (χ3v) is 5.45. The van der Waals surface area contributed by atoms with Crippen molar-refractivity contribution in [3.8, 4) is 5.75 Å². The van der Waals surface area contributed by atoms with Crippen molar-refractivity contribution in [3.05, 3.63) is 71.3 Å². The van der Waals surface area contributed by atoms with Gasteiger partial charge in [-0.2, -0.15) is 5.10 Å². The number of piperidine rings is 1. The molecule has 0 atom stereocenters. The fraction of sp³-hybridized carbons (Fsp3) is 0.261. The van der Waals surface area contributed by atoms with E-state index in [9.17, 15) is 22.8 Å². The Hall–Kier alpha value is -3.86. The Morgan fingerprint density at radius 2 is 1.71 bits per heavy atom. The van der Waals surface area contributed by atoms with E-state index < -0.39 is 34.8 Å². The first-order valence-corrected chi connectivity index (χ1v) is 10.6. The van der Waals surface area contributed by atoms with Crippen LogP contribution in [0.4, 0.5) is 24.5 Å². The smallest absolute Gasteiger partial charge is 0.275 e. The molecule has 2 amide bonds. The zero-order valence-corrected chi connectivity index (χ0v) is 18.2. The molecule has 8 nitrogen and oxygen atoms in total. The molecule has 0 bridgehead atoms. The first-order chi connectivity index (χ1) is 16.3. The van der Waals surface area contributed by atoms with Gasteiger partial charge in [0.05, 0.1) is 17.6 Å². The van der Waals surface area contributed by atoms with Crippen LogP contribution in [0.3, 0.4) is 0 Å². The van der Waals surface area contributed by atoms with Gasteiger partial charge in [-0.05, 0) is 44.2 Å². The van der Waals surface area contributed by atoms with Crippen LogP contribution >= 0.6 is 0 Å². The van der Waals surface area contributed by atoms with E-state index in [1.807, 2.05) is 7.05 Å². The molecule has 4 rings (SSSR count). The van der Waals surface area contributed by atoms with Crippen LogP contribution in [-0.2, 0) is 0 Å². The average Bonchev–Trinajstić information content (AvgIpc) is 3.25. The molecule has 1 aromatic heterocycles. The summed E-state index contributed by atoms with van der Waals surface area (Å²) in [5.74, 6) is -4.25. The normalized spacial score (nSPS) is 14.6. The lowest BCUT2D eigenvalue weighted by Gasteiger charge is -2.29. The minimum atomic E-state index is -1.09. The first-order valence-electron chi connectivity index (χ1n) is 10.6. The summed E-state index contributed by atoms with van der Waals surface area (Å²) >= 11 is 0. The number of aromatic nitrogens is 2. The first kappa shape index (κ1) is 23.3. The number of carbonyl (C=O) groups excluding carboxylic acids is 2. The Balaban J connectivity index is 1.51. The molecule has 0 aliphatic carbocycles. The summed E-state index contributed by atoms with van der Waals surface area (Å²) in [6, 6.07) is 6.78. The molecular weight excluding hydrogens is 451 g/mol. The number of aromatic amines is 1. The molecule has 178 valence electrons. The maximum Gasteiger partial charge on any atom is 0.275 e. The highest BCUT2D eigenvalue weighted by atomic mass is 19.1. The molecule has 1 fully saturated rings. The summed E-state index contributed by atoms with van der Waals surface area (Å²) in [5.41, 5.74) is -1.01. The van der Waals surface area contributed by atoms with Crippen LogP contribution in [0.2, 0.25) is 0 Å². The molecule has 3 N–H and O–H groups in total. The number of H-pyrrole nitrogens is 1. The predicted molar refractivity (Wildman–Crippen MR) is 118 cm³/mol. The largest absolute Gasteiger partial charge is 0.488 e. The number of anilines is 2. The monoisotopic (exact) mass is 473 g/mol. The van der Waals surface area contributed by atoms with Crippen LogP contribution in [0.25, 0.3) is 0 Å². The summed E-state index contributed by atoms with van der Waals surface area (Å²) in [6.45, 7) is 1.71. The van der Waals surface area contributed by atoms with Gasteiger partial charge in [0.2, 0.25) is 0 Å². The number of nitrogens with one attached hydrogen (secondary N) is 3. The van der Waals surface area contributed by atoms with E-state index in [1.54, 1.807) is 0 Å². The Morgan fingerprint density at radius 3 is 2.41 bits per heavy atom. The van der Waals surface area contributed by atoms with Gasteiger partial charge in [0.1, 0.15) is 40.6 Å². The van der Waals surface area contributed by atoms with Crippen molar-refractivity contribution in [2.75, 3.05) is 30.8 Å². The zero-order valence-electron chi connectivity index (χ0n) is 18.2. The van der Waals surface area contributed by atoms with Crippen molar-refractivity contribution < 1.29 is 27.5 Å². The van der Waals surface area contributed by atoms with E-state index >= 15 is 0 Å². The van der Waals surface area contributed by atoms with Crippen LogP contribution in [-0.4, -0.2) is 53.2 Å². The van der Waals surface area contributed by atoms with Crippen LogP contribution in [0.5, 0.6) is 5.75 Å². The fourth-order valence-corrected chi connectivity index (χ4v) is 3.62. The molecule has 34 heavy (non-hydrogen) atoms. The second-order valence-corrected chi connectivity index (χ2v) is 7.92. The van der Waals surface area contributed by atoms with Crippen molar-refractivity contribution in [2.24, 2.45) is 0 Å². The number of hydrogen-bond donors (Lipinski definition) is 3. The van der Waals surface area contributed by atoms with E-state index in [4.69, 9.17) is 4.74 Å². The summed E-state index contributed by atoms with van der Waals surface area (Å²) in [6.07, 6.45) is 2.59. The fourth-order valence-electron chi connectivity index (χ4n) is 3.62. The van der Waals surface area contributed by atoms with Crippen LogP contribution < -0.4 is 15.4 Å². The number of ether oxygens (including phenoxy) is 1. The van der Waals surface area contributed by atoms with Gasteiger partial charge in [0, 0.05) is 19.2 Å².